The normalized spacial score (nSPS) is 10.9. The van der Waals surface area contributed by atoms with E-state index in [0.29, 0.717) is 0 Å². The Morgan fingerprint density at radius 2 is 2.05 bits per heavy atom. The van der Waals surface area contributed by atoms with Crippen molar-refractivity contribution in [2.45, 2.75) is 5.75 Å². The fourth-order valence-electron chi connectivity index (χ4n) is 1.08. The zero-order valence-corrected chi connectivity index (χ0v) is 11.9. The maximum absolute atomic E-state index is 11.4. The minimum Gasteiger partial charge on any atom is -0.490 e. The van der Waals surface area contributed by atoms with Crippen molar-refractivity contribution >= 4 is 15.9 Å². The largest absolute Gasteiger partial charge is 0.490 e. The number of nitrogens with zero attached hydrogens (tertiary/aromatic N) is 3. The van der Waals surface area contributed by atoms with E-state index in [4.69, 9.17) is 9.47 Å². The third-order valence-electron chi connectivity index (χ3n) is 1.93. The van der Waals surface area contributed by atoms with Crippen LogP contribution in [0.4, 0.5) is 4.79 Å². The summed E-state index contributed by atoms with van der Waals surface area (Å²) >= 11 is 0. The van der Waals surface area contributed by atoms with E-state index in [9.17, 15) is 13.2 Å². The summed E-state index contributed by atoms with van der Waals surface area (Å²) in [5.74, 6) is -0.282. The topological polar surface area (TPSA) is 98.7 Å². The molecular formula is C10H15N3O5S. The lowest BCUT2D eigenvalue weighted by atomic mass is 10.5. The van der Waals surface area contributed by atoms with Crippen molar-refractivity contribution in [2.24, 2.45) is 0 Å². The van der Waals surface area contributed by atoms with Gasteiger partial charge in [-0.05, 0) is 0 Å². The van der Waals surface area contributed by atoms with Gasteiger partial charge in [0, 0.05) is 20.4 Å². The molecule has 0 unspecified atom stereocenters. The van der Waals surface area contributed by atoms with E-state index >= 15 is 0 Å². The van der Waals surface area contributed by atoms with Crippen molar-refractivity contribution in [3.63, 3.8) is 0 Å². The van der Waals surface area contributed by atoms with E-state index in [-0.39, 0.29) is 23.2 Å². The summed E-state index contributed by atoms with van der Waals surface area (Å²) in [6.45, 7) is 0. The number of sulfone groups is 1. The van der Waals surface area contributed by atoms with Crippen LogP contribution < -0.4 is 9.47 Å². The van der Waals surface area contributed by atoms with E-state index < -0.39 is 15.9 Å². The van der Waals surface area contributed by atoms with Crippen LogP contribution in [-0.4, -0.2) is 56.8 Å². The maximum atomic E-state index is 11.4. The Kier molecular flexibility index (Phi) is 4.65. The SMILES string of the molecule is COc1cnc(CS(C)(=O)=O)nc1OC(=O)N(C)C. The first-order valence-electron chi connectivity index (χ1n) is 5.19. The molecule has 0 atom stereocenters. The molecule has 1 amide bonds. The molecule has 0 N–H and O–H groups in total. The summed E-state index contributed by atoms with van der Waals surface area (Å²) in [7, 11) is 1.10. The van der Waals surface area contributed by atoms with Crippen molar-refractivity contribution < 1.29 is 22.7 Å². The minimum absolute atomic E-state index is 0.0323. The summed E-state index contributed by atoms with van der Waals surface area (Å²) < 4.78 is 32.2. The minimum atomic E-state index is -3.28. The Bertz CT molecular complexity index is 571. The molecule has 0 saturated carbocycles. The number of hydrogen-bond donors (Lipinski definition) is 0. The van der Waals surface area contributed by atoms with Gasteiger partial charge < -0.3 is 14.4 Å². The first-order valence-corrected chi connectivity index (χ1v) is 7.25. The van der Waals surface area contributed by atoms with Gasteiger partial charge in [-0.1, -0.05) is 0 Å². The molecule has 0 saturated heterocycles. The average Bonchev–Trinajstić information content (AvgIpc) is 2.27. The summed E-state index contributed by atoms with van der Waals surface area (Å²) in [6.07, 6.45) is 1.67. The Balaban J connectivity index is 3.06. The Hall–Kier alpha value is -1.90. The highest BCUT2D eigenvalue weighted by atomic mass is 32.2. The van der Waals surface area contributed by atoms with Gasteiger partial charge in [0.1, 0.15) is 11.6 Å². The highest BCUT2D eigenvalue weighted by molar-refractivity contribution is 7.89. The molecule has 0 aromatic carbocycles. The second-order valence-electron chi connectivity index (χ2n) is 3.99. The van der Waals surface area contributed by atoms with Crippen LogP contribution in [0.25, 0.3) is 0 Å². The van der Waals surface area contributed by atoms with Crippen LogP contribution in [0.15, 0.2) is 6.20 Å². The van der Waals surface area contributed by atoms with Crippen LogP contribution in [0.3, 0.4) is 0 Å². The van der Waals surface area contributed by atoms with Crippen molar-refractivity contribution in [2.75, 3.05) is 27.5 Å². The molecule has 8 nitrogen and oxygen atoms in total. The van der Waals surface area contributed by atoms with Crippen molar-refractivity contribution in [3.05, 3.63) is 12.0 Å². The van der Waals surface area contributed by atoms with Gasteiger partial charge in [-0.15, -0.1) is 0 Å². The second-order valence-corrected chi connectivity index (χ2v) is 6.13. The summed E-state index contributed by atoms with van der Waals surface area (Å²) in [5.41, 5.74) is 0. The van der Waals surface area contributed by atoms with Crippen molar-refractivity contribution in [1.29, 1.82) is 0 Å². The summed E-state index contributed by atoms with van der Waals surface area (Å²) in [5, 5.41) is 0. The highest BCUT2D eigenvalue weighted by Gasteiger charge is 2.16. The molecule has 106 valence electrons. The molecule has 0 radical (unpaired) electrons. The molecule has 1 aromatic rings. The molecule has 1 heterocycles. The number of methoxy groups -OCH3 is 1. The number of carbonyl (C=O) groups is 1. The molecule has 0 aliphatic heterocycles. The van der Waals surface area contributed by atoms with Crippen molar-refractivity contribution in [1.82, 2.24) is 14.9 Å². The van der Waals surface area contributed by atoms with Gasteiger partial charge in [0.2, 0.25) is 0 Å². The average molecular weight is 289 g/mol. The van der Waals surface area contributed by atoms with Gasteiger partial charge in [0.25, 0.3) is 5.88 Å². The first kappa shape index (κ1) is 15.2. The molecule has 19 heavy (non-hydrogen) atoms. The lowest BCUT2D eigenvalue weighted by Crippen LogP contribution is -2.26. The Morgan fingerprint density at radius 1 is 1.42 bits per heavy atom. The van der Waals surface area contributed by atoms with Crippen LogP contribution in [0.2, 0.25) is 0 Å². The van der Waals surface area contributed by atoms with Gasteiger partial charge in [-0.2, -0.15) is 4.98 Å². The lowest BCUT2D eigenvalue weighted by molar-refractivity contribution is 0.167. The van der Waals surface area contributed by atoms with Gasteiger partial charge >= 0.3 is 6.09 Å². The number of amides is 1. The van der Waals surface area contributed by atoms with Gasteiger partial charge in [0.15, 0.2) is 15.6 Å². The first-order chi connectivity index (χ1) is 8.73. The van der Waals surface area contributed by atoms with E-state index in [1.54, 1.807) is 0 Å². The Labute approximate surface area is 111 Å². The molecule has 0 aliphatic carbocycles. The van der Waals surface area contributed by atoms with Crippen LogP contribution in [0, 0.1) is 0 Å². The van der Waals surface area contributed by atoms with Crippen LogP contribution >= 0.6 is 0 Å². The lowest BCUT2D eigenvalue weighted by Gasteiger charge is -2.12. The van der Waals surface area contributed by atoms with E-state index in [1.807, 2.05) is 0 Å². The molecule has 0 spiro atoms. The molecule has 1 rings (SSSR count). The zero-order valence-electron chi connectivity index (χ0n) is 11.1. The monoisotopic (exact) mass is 289 g/mol. The fraction of sp³-hybridized carbons (Fsp3) is 0.500. The number of rotatable bonds is 4. The smallest absolute Gasteiger partial charge is 0.416 e. The predicted molar refractivity (Wildman–Crippen MR) is 66.8 cm³/mol. The fourth-order valence-corrected chi connectivity index (χ4v) is 1.69. The van der Waals surface area contributed by atoms with E-state index in [1.165, 1.54) is 32.3 Å². The maximum Gasteiger partial charge on any atom is 0.416 e. The number of aromatic nitrogens is 2. The van der Waals surface area contributed by atoms with E-state index in [0.717, 1.165) is 6.26 Å². The quantitative estimate of drug-likeness (QED) is 0.774. The molecule has 9 heteroatoms. The number of hydrogen-bond acceptors (Lipinski definition) is 7. The van der Waals surface area contributed by atoms with Crippen molar-refractivity contribution in [3.8, 4) is 11.6 Å². The number of carbonyl (C=O) groups excluding carboxylic acids is 1. The van der Waals surface area contributed by atoms with E-state index in [2.05, 4.69) is 9.97 Å². The summed E-state index contributed by atoms with van der Waals surface area (Å²) in [6, 6.07) is 0. The van der Waals surface area contributed by atoms with Crippen LogP contribution in [0.5, 0.6) is 11.6 Å². The number of ether oxygens (including phenoxy) is 2. The molecule has 0 bridgehead atoms. The third kappa shape index (κ3) is 4.70. The van der Waals surface area contributed by atoms with Crippen LogP contribution in [-0.2, 0) is 15.6 Å². The molecule has 1 aromatic heterocycles. The van der Waals surface area contributed by atoms with Gasteiger partial charge in [0.05, 0.1) is 13.3 Å². The van der Waals surface area contributed by atoms with Crippen LogP contribution in [0.1, 0.15) is 5.82 Å². The zero-order chi connectivity index (χ0) is 14.6. The standard InChI is InChI=1S/C10H15N3O5S/c1-13(2)10(14)18-9-7(17-3)5-11-8(12-9)6-19(4,15)16/h5H,6H2,1-4H3. The highest BCUT2D eigenvalue weighted by Crippen LogP contribution is 2.23. The predicted octanol–water partition coefficient (Wildman–Crippen LogP) is 0.0902. The third-order valence-corrected chi connectivity index (χ3v) is 2.72. The summed E-state index contributed by atoms with van der Waals surface area (Å²) in [4.78, 5) is 20.3. The molecule has 0 fully saturated rings. The van der Waals surface area contributed by atoms with Gasteiger partial charge in [-0.25, -0.2) is 18.2 Å². The molecule has 0 aliphatic rings. The Morgan fingerprint density at radius 3 is 2.53 bits per heavy atom. The van der Waals surface area contributed by atoms with Gasteiger partial charge in [-0.3, -0.25) is 0 Å². The molecular weight excluding hydrogens is 274 g/mol. The second kappa shape index (κ2) is 5.83.